The number of aryl methyl sites for hydroxylation is 1. The molecule has 1 aromatic heterocycles. The fourth-order valence-electron chi connectivity index (χ4n) is 2.03. The molecule has 0 spiro atoms. The van der Waals surface area contributed by atoms with Crippen molar-refractivity contribution < 1.29 is 14.4 Å². The Morgan fingerprint density at radius 1 is 1.67 bits per heavy atom. The van der Waals surface area contributed by atoms with E-state index in [4.69, 9.17) is 9.63 Å². The molecule has 0 bridgehead atoms. The molecular formula is C11H18N4O3. The molecule has 7 nitrogen and oxygen atoms in total. The van der Waals surface area contributed by atoms with Gasteiger partial charge < -0.3 is 14.9 Å². The van der Waals surface area contributed by atoms with Gasteiger partial charge in [0.05, 0.1) is 6.54 Å². The van der Waals surface area contributed by atoms with Crippen molar-refractivity contribution in [3.63, 3.8) is 0 Å². The van der Waals surface area contributed by atoms with Crippen LogP contribution in [0.1, 0.15) is 25.1 Å². The number of carboxylic acids is 1. The van der Waals surface area contributed by atoms with Crippen molar-refractivity contribution in [1.29, 1.82) is 0 Å². The van der Waals surface area contributed by atoms with Gasteiger partial charge in [-0.1, -0.05) is 12.1 Å². The molecule has 1 aromatic rings. The van der Waals surface area contributed by atoms with Crippen molar-refractivity contribution >= 4 is 5.97 Å². The van der Waals surface area contributed by atoms with Gasteiger partial charge in [0, 0.05) is 26.1 Å². The molecule has 1 aliphatic heterocycles. The van der Waals surface area contributed by atoms with Gasteiger partial charge >= 0.3 is 5.97 Å². The van der Waals surface area contributed by atoms with Gasteiger partial charge in [0.1, 0.15) is 6.04 Å². The molecule has 1 fully saturated rings. The van der Waals surface area contributed by atoms with Gasteiger partial charge in [-0.25, -0.2) is 0 Å². The number of nitrogens with zero attached hydrogens (tertiary/aromatic N) is 3. The third kappa shape index (κ3) is 3.05. The first kappa shape index (κ1) is 13.0. The van der Waals surface area contributed by atoms with Gasteiger partial charge in [0.15, 0.2) is 5.82 Å². The lowest BCUT2D eigenvalue weighted by molar-refractivity contribution is -0.144. The Labute approximate surface area is 105 Å². The first-order chi connectivity index (χ1) is 8.70. The Hall–Kier alpha value is -1.47. The first-order valence-corrected chi connectivity index (χ1v) is 6.19. The summed E-state index contributed by atoms with van der Waals surface area (Å²) in [5.74, 6) is 0.358. The van der Waals surface area contributed by atoms with Crippen LogP contribution in [0.3, 0.4) is 0 Å². The second-order valence-corrected chi connectivity index (χ2v) is 4.38. The summed E-state index contributed by atoms with van der Waals surface area (Å²) in [4.78, 5) is 17.2. The Morgan fingerprint density at radius 2 is 2.50 bits per heavy atom. The largest absolute Gasteiger partial charge is 0.480 e. The van der Waals surface area contributed by atoms with Crippen molar-refractivity contribution in [2.75, 3.05) is 19.6 Å². The van der Waals surface area contributed by atoms with Crippen molar-refractivity contribution in [2.24, 2.45) is 0 Å². The number of hydrogen-bond acceptors (Lipinski definition) is 6. The third-order valence-corrected chi connectivity index (χ3v) is 2.96. The van der Waals surface area contributed by atoms with E-state index in [2.05, 4.69) is 15.5 Å². The van der Waals surface area contributed by atoms with E-state index >= 15 is 0 Å². The summed E-state index contributed by atoms with van der Waals surface area (Å²) in [5.41, 5.74) is 0. The quantitative estimate of drug-likeness (QED) is 0.756. The average Bonchev–Trinajstić information content (AvgIpc) is 2.77. The van der Waals surface area contributed by atoms with Gasteiger partial charge in [0.25, 0.3) is 0 Å². The molecule has 2 rings (SSSR count). The van der Waals surface area contributed by atoms with E-state index in [1.807, 2.05) is 11.8 Å². The van der Waals surface area contributed by atoms with E-state index in [-0.39, 0.29) is 0 Å². The van der Waals surface area contributed by atoms with Crippen molar-refractivity contribution in [3.05, 3.63) is 11.7 Å². The molecule has 0 aliphatic carbocycles. The van der Waals surface area contributed by atoms with Gasteiger partial charge in [-0.15, -0.1) is 0 Å². The van der Waals surface area contributed by atoms with Crippen LogP contribution >= 0.6 is 0 Å². The zero-order chi connectivity index (χ0) is 13.0. The van der Waals surface area contributed by atoms with Gasteiger partial charge in [-0.2, -0.15) is 4.98 Å². The maximum absolute atomic E-state index is 11.1. The van der Waals surface area contributed by atoms with Crippen LogP contribution in [0.5, 0.6) is 0 Å². The Kier molecular flexibility index (Phi) is 4.27. The van der Waals surface area contributed by atoms with E-state index < -0.39 is 12.0 Å². The van der Waals surface area contributed by atoms with Crippen molar-refractivity contribution in [1.82, 2.24) is 20.4 Å². The smallest absolute Gasteiger partial charge is 0.322 e. The zero-order valence-corrected chi connectivity index (χ0v) is 10.4. The van der Waals surface area contributed by atoms with Crippen LogP contribution in [-0.4, -0.2) is 51.8 Å². The molecule has 1 unspecified atom stereocenters. The van der Waals surface area contributed by atoms with Crippen molar-refractivity contribution in [2.45, 2.75) is 32.4 Å². The SMILES string of the molecule is CCCc1noc(CN2CCNCC2C(=O)O)n1. The van der Waals surface area contributed by atoms with Gasteiger partial charge in [0.2, 0.25) is 5.89 Å². The molecule has 7 heteroatoms. The summed E-state index contributed by atoms with van der Waals surface area (Å²) in [6.45, 7) is 4.34. The molecule has 0 amide bonds. The molecule has 0 radical (unpaired) electrons. The highest BCUT2D eigenvalue weighted by Gasteiger charge is 2.29. The highest BCUT2D eigenvalue weighted by atomic mass is 16.5. The van der Waals surface area contributed by atoms with E-state index in [0.717, 1.165) is 19.4 Å². The number of rotatable bonds is 5. The predicted octanol–water partition coefficient (Wildman–Crippen LogP) is -0.119. The van der Waals surface area contributed by atoms with Crippen LogP contribution in [0.4, 0.5) is 0 Å². The monoisotopic (exact) mass is 254 g/mol. The summed E-state index contributed by atoms with van der Waals surface area (Å²) in [5, 5.41) is 16.1. The maximum Gasteiger partial charge on any atom is 0.322 e. The number of carboxylic acid groups (broad SMARTS) is 1. The fraction of sp³-hybridized carbons (Fsp3) is 0.727. The number of piperazine rings is 1. The Bertz CT molecular complexity index is 407. The number of aliphatic carboxylic acids is 1. The first-order valence-electron chi connectivity index (χ1n) is 6.19. The Balaban J connectivity index is 1.99. The van der Waals surface area contributed by atoms with E-state index in [1.54, 1.807) is 0 Å². The highest BCUT2D eigenvalue weighted by molar-refractivity contribution is 5.73. The maximum atomic E-state index is 11.1. The fourth-order valence-corrected chi connectivity index (χ4v) is 2.03. The normalized spacial score (nSPS) is 21.1. The summed E-state index contributed by atoms with van der Waals surface area (Å²) < 4.78 is 5.13. The number of carbonyl (C=O) groups is 1. The number of aromatic nitrogens is 2. The Morgan fingerprint density at radius 3 is 3.22 bits per heavy atom. The van der Waals surface area contributed by atoms with Crippen LogP contribution in [-0.2, 0) is 17.8 Å². The minimum Gasteiger partial charge on any atom is -0.480 e. The highest BCUT2D eigenvalue weighted by Crippen LogP contribution is 2.10. The average molecular weight is 254 g/mol. The van der Waals surface area contributed by atoms with Crippen LogP contribution < -0.4 is 5.32 Å². The molecule has 2 N–H and O–H groups in total. The lowest BCUT2D eigenvalue weighted by Gasteiger charge is -2.32. The summed E-state index contributed by atoms with van der Waals surface area (Å²) in [6.07, 6.45) is 1.75. The van der Waals surface area contributed by atoms with Crippen LogP contribution in [0, 0.1) is 0 Å². The molecule has 1 saturated heterocycles. The standard InChI is InChI=1S/C11H18N4O3/c1-2-3-9-13-10(18-14-9)7-15-5-4-12-6-8(15)11(16)17/h8,12H,2-7H2,1H3,(H,16,17). The third-order valence-electron chi connectivity index (χ3n) is 2.96. The molecule has 1 atom stereocenters. The molecule has 100 valence electrons. The number of nitrogens with one attached hydrogen (secondary N) is 1. The van der Waals surface area contributed by atoms with E-state index in [1.165, 1.54) is 0 Å². The molecule has 0 aromatic carbocycles. The molecule has 2 heterocycles. The topological polar surface area (TPSA) is 91.5 Å². The van der Waals surface area contributed by atoms with E-state index in [9.17, 15) is 4.79 Å². The van der Waals surface area contributed by atoms with Gasteiger partial charge in [-0.3, -0.25) is 9.69 Å². The lowest BCUT2D eigenvalue weighted by Crippen LogP contribution is -2.54. The molecule has 1 aliphatic rings. The minimum atomic E-state index is -0.824. The number of hydrogen-bond donors (Lipinski definition) is 2. The molecule has 0 saturated carbocycles. The van der Waals surface area contributed by atoms with Gasteiger partial charge in [-0.05, 0) is 6.42 Å². The second-order valence-electron chi connectivity index (χ2n) is 4.38. The second kappa shape index (κ2) is 5.92. The summed E-state index contributed by atoms with van der Waals surface area (Å²) >= 11 is 0. The zero-order valence-electron chi connectivity index (χ0n) is 10.4. The van der Waals surface area contributed by atoms with Crippen LogP contribution in [0.15, 0.2) is 4.52 Å². The van der Waals surface area contributed by atoms with E-state index in [0.29, 0.717) is 31.3 Å². The van der Waals surface area contributed by atoms with Crippen molar-refractivity contribution in [3.8, 4) is 0 Å². The lowest BCUT2D eigenvalue weighted by atomic mass is 10.2. The van der Waals surface area contributed by atoms with Crippen LogP contribution in [0.2, 0.25) is 0 Å². The minimum absolute atomic E-state index is 0.398. The summed E-state index contributed by atoms with van der Waals surface area (Å²) in [6, 6.07) is -0.528. The molecular weight excluding hydrogens is 236 g/mol. The molecule has 18 heavy (non-hydrogen) atoms. The summed E-state index contributed by atoms with van der Waals surface area (Å²) in [7, 11) is 0. The van der Waals surface area contributed by atoms with Crippen LogP contribution in [0.25, 0.3) is 0 Å². The predicted molar refractivity (Wildman–Crippen MR) is 63.0 cm³/mol.